The zero-order valence-electron chi connectivity index (χ0n) is 8.34. The maximum Gasteiger partial charge on any atom is 0.190 e. The molecule has 0 bridgehead atoms. The van der Waals surface area contributed by atoms with Crippen LogP contribution in [0.1, 0.15) is 0 Å². The maximum absolute atomic E-state index is 5.32. The van der Waals surface area contributed by atoms with E-state index in [2.05, 4.69) is 30.6 Å². The second-order valence-electron chi connectivity index (χ2n) is 2.62. The number of hydrazine groups is 1. The summed E-state index contributed by atoms with van der Waals surface area (Å²) in [5.41, 5.74) is 2.50. The maximum atomic E-state index is 5.32. The summed E-state index contributed by atoms with van der Waals surface area (Å²) in [6, 6.07) is 1.74. The summed E-state index contributed by atoms with van der Waals surface area (Å²) < 4.78 is 0. The zero-order chi connectivity index (χ0) is 11.4. The quantitative estimate of drug-likeness (QED) is 0.242. The Bertz CT molecular complexity index is 436. The number of anilines is 1. The molecule has 0 unspecified atom stereocenters. The summed E-state index contributed by atoms with van der Waals surface area (Å²) in [5.74, 6) is 5.89. The number of hydrogen-bond acceptors (Lipinski definition) is 8. The van der Waals surface area contributed by atoms with Gasteiger partial charge in [0.1, 0.15) is 17.2 Å². The van der Waals surface area contributed by atoms with Crippen molar-refractivity contribution < 1.29 is 0 Å². The van der Waals surface area contributed by atoms with Gasteiger partial charge in [0, 0.05) is 6.07 Å². The minimum absolute atomic E-state index is 0.571. The molecule has 84 valence electrons. The number of hydrogen-bond donors (Lipinski definition) is 3. The van der Waals surface area contributed by atoms with Crippen LogP contribution in [0.4, 0.5) is 5.82 Å². The molecule has 16 heavy (non-hydrogen) atoms. The third-order valence-electron chi connectivity index (χ3n) is 1.61. The van der Waals surface area contributed by atoms with E-state index in [9.17, 15) is 0 Å². The van der Waals surface area contributed by atoms with Gasteiger partial charge in [0.25, 0.3) is 0 Å². The lowest BCUT2D eigenvalue weighted by Crippen LogP contribution is -2.09. The van der Waals surface area contributed by atoms with E-state index in [1.807, 2.05) is 6.26 Å². The van der Waals surface area contributed by atoms with Gasteiger partial charge in [-0.25, -0.2) is 20.8 Å². The molecule has 4 N–H and O–H groups in total. The summed E-state index contributed by atoms with van der Waals surface area (Å²) in [6.07, 6.45) is 3.35. The SMILES string of the molecule is CSc1nc(NN)cc(Sc2ncn[nH]2)n1. The summed E-state index contributed by atoms with van der Waals surface area (Å²) in [6.45, 7) is 0. The standard InChI is InChI=1S/C7H9N7S2/c1-15-7-11-4(13-8)2-5(12-7)16-6-9-3-10-14-6/h2-3H,8H2,1H3,(H,9,10,14)(H,11,12,13). The zero-order valence-corrected chi connectivity index (χ0v) is 9.97. The molecule has 0 spiro atoms. The Labute approximate surface area is 100 Å². The fraction of sp³-hybridized carbons (Fsp3) is 0.143. The van der Waals surface area contributed by atoms with E-state index >= 15 is 0 Å². The van der Waals surface area contributed by atoms with Gasteiger partial charge in [-0.15, -0.1) is 0 Å². The van der Waals surface area contributed by atoms with E-state index in [1.165, 1.54) is 29.9 Å². The Hall–Kier alpha value is -1.32. The van der Waals surface area contributed by atoms with Crippen LogP contribution in [0.15, 0.2) is 27.7 Å². The van der Waals surface area contributed by atoms with Crippen LogP contribution in [0.25, 0.3) is 0 Å². The molecule has 0 aliphatic carbocycles. The fourth-order valence-corrected chi connectivity index (χ4v) is 2.10. The van der Waals surface area contributed by atoms with E-state index in [-0.39, 0.29) is 0 Å². The van der Waals surface area contributed by atoms with Gasteiger partial charge in [0.05, 0.1) is 0 Å². The minimum atomic E-state index is 0.571. The van der Waals surface area contributed by atoms with E-state index in [0.717, 1.165) is 5.03 Å². The Morgan fingerprint density at radius 1 is 1.44 bits per heavy atom. The molecular formula is C7H9N7S2. The normalized spacial score (nSPS) is 10.4. The fourth-order valence-electron chi connectivity index (χ4n) is 0.964. The summed E-state index contributed by atoms with van der Waals surface area (Å²) >= 11 is 2.81. The Kier molecular flexibility index (Phi) is 3.59. The van der Waals surface area contributed by atoms with Gasteiger partial charge in [-0.3, -0.25) is 5.10 Å². The van der Waals surface area contributed by atoms with Crippen molar-refractivity contribution in [2.75, 3.05) is 11.7 Å². The molecule has 2 heterocycles. The Morgan fingerprint density at radius 3 is 2.94 bits per heavy atom. The first-order valence-corrected chi connectivity index (χ1v) is 6.29. The topological polar surface area (TPSA) is 105 Å². The van der Waals surface area contributed by atoms with Crippen LogP contribution < -0.4 is 11.3 Å². The molecule has 2 aromatic rings. The van der Waals surface area contributed by atoms with Crippen molar-refractivity contribution in [2.24, 2.45) is 5.84 Å². The first-order valence-electron chi connectivity index (χ1n) is 4.24. The monoisotopic (exact) mass is 255 g/mol. The van der Waals surface area contributed by atoms with Gasteiger partial charge in [-0.1, -0.05) is 11.8 Å². The van der Waals surface area contributed by atoms with Crippen molar-refractivity contribution >= 4 is 29.3 Å². The smallest absolute Gasteiger partial charge is 0.190 e. The number of thioether (sulfide) groups is 1. The molecule has 7 nitrogen and oxygen atoms in total. The highest BCUT2D eigenvalue weighted by Gasteiger charge is 2.06. The summed E-state index contributed by atoms with van der Waals surface area (Å²) in [7, 11) is 0. The predicted molar refractivity (Wildman–Crippen MR) is 62.1 cm³/mol. The molecule has 0 amide bonds. The van der Waals surface area contributed by atoms with Crippen molar-refractivity contribution in [2.45, 2.75) is 15.3 Å². The van der Waals surface area contributed by atoms with Crippen molar-refractivity contribution in [1.82, 2.24) is 25.1 Å². The molecule has 0 aliphatic heterocycles. The van der Waals surface area contributed by atoms with Gasteiger partial charge in [-0.2, -0.15) is 5.10 Å². The lowest BCUT2D eigenvalue weighted by molar-refractivity contribution is 0.886. The first kappa shape index (κ1) is 11.2. The van der Waals surface area contributed by atoms with Crippen LogP contribution in [-0.4, -0.2) is 31.4 Å². The van der Waals surface area contributed by atoms with Crippen molar-refractivity contribution in [3.05, 3.63) is 12.4 Å². The number of H-pyrrole nitrogens is 1. The second kappa shape index (κ2) is 5.14. The van der Waals surface area contributed by atoms with Crippen molar-refractivity contribution in [3.63, 3.8) is 0 Å². The minimum Gasteiger partial charge on any atom is -0.308 e. The molecule has 0 atom stereocenters. The van der Waals surface area contributed by atoms with Crippen LogP contribution in [0.2, 0.25) is 0 Å². The molecule has 0 aromatic carbocycles. The Morgan fingerprint density at radius 2 is 2.31 bits per heavy atom. The molecule has 0 saturated heterocycles. The van der Waals surface area contributed by atoms with Gasteiger partial charge < -0.3 is 5.43 Å². The molecule has 2 aromatic heterocycles. The first-order chi connectivity index (χ1) is 7.81. The number of aromatic amines is 1. The van der Waals surface area contributed by atoms with Crippen LogP contribution >= 0.6 is 23.5 Å². The van der Waals surface area contributed by atoms with E-state index < -0.39 is 0 Å². The van der Waals surface area contributed by atoms with Gasteiger partial charge in [-0.05, 0) is 18.0 Å². The highest BCUT2D eigenvalue weighted by molar-refractivity contribution is 7.99. The molecule has 0 aliphatic rings. The van der Waals surface area contributed by atoms with Crippen LogP contribution in [0.3, 0.4) is 0 Å². The average molecular weight is 255 g/mol. The third-order valence-corrected chi connectivity index (χ3v) is 2.96. The van der Waals surface area contributed by atoms with Crippen molar-refractivity contribution in [1.29, 1.82) is 0 Å². The molecule has 2 rings (SSSR count). The Balaban J connectivity index is 2.26. The van der Waals surface area contributed by atoms with Gasteiger partial charge >= 0.3 is 0 Å². The van der Waals surface area contributed by atoms with E-state index in [1.54, 1.807) is 6.07 Å². The molecular weight excluding hydrogens is 246 g/mol. The second-order valence-corrected chi connectivity index (χ2v) is 4.40. The third kappa shape index (κ3) is 2.62. The van der Waals surface area contributed by atoms with Gasteiger partial charge in [0.2, 0.25) is 0 Å². The van der Waals surface area contributed by atoms with Crippen LogP contribution in [-0.2, 0) is 0 Å². The lowest BCUT2D eigenvalue weighted by Gasteiger charge is -2.03. The molecule has 9 heteroatoms. The molecule has 0 saturated carbocycles. The summed E-state index contributed by atoms with van der Waals surface area (Å²) in [5, 5.41) is 8.58. The van der Waals surface area contributed by atoms with E-state index in [0.29, 0.717) is 16.1 Å². The van der Waals surface area contributed by atoms with E-state index in [4.69, 9.17) is 5.84 Å². The molecule has 0 fully saturated rings. The average Bonchev–Trinajstić information content (AvgIpc) is 2.81. The largest absolute Gasteiger partial charge is 0.308 e. The van der Waals surface area contributed by atoms with Gasteiger partial charge in [0.15, 0.2) is 10.3 Å². The predicted octanol–water partition coefficient (Wildman–Crippen LogP) is 0.753. The number of rotatable bonds is 4. The highest BCUT2D eigenvalue weighted by Crippen LogP contribution is 2.25. The van der Waals surface area contributed by atoms with Crippen molar-refractivity contribution in [3.8, 4) is 0 Å². The lowest BCUT2D eigenvalue weighted by atomic mass is 10.6. The van der Waals surface area contributed by atoms with Crippen LogP contribution in [0.5, 0.6) is 0 Å². The number of aromatic nitrogens is 5. The number of nitrogens with one attached hydrogen (secondary N) is 2. The molecule has 0 radical (unpaired) electrons. The number of nitrogens with two attached hydrogens (primary N) is 1. The highest BCUT2D eigenvalue weighted by atomic mass is 32.2. The number of nitrogens with zero attached hydrogens (tertiary/aromatic N) is 4. The van der Waals surface area contributed by atoms with Crippen LogP contribution in [0, 0.1) is 0 Å². The number of nitrogen functional groups attached to an aromatic ring is 1. The summed E-state index contributed by atoms with van der Waals surface area (Å²) in [4.78, 5) is 12.5.